The molecule has 2 aromatic rings. The molecule has 0 radical (unpaired) electrons. The van der Waals surface area contributed by atoms with Gasteiger partial charge in [0, 0.05) is 23.4 Å². The van der Waals surface area contributed by atoms with Crippen LogP contribution in [0.3, 0.4) is 0 Å². The number of hydrogen-bond donors (Lipinski definition) is 2. The molecule has 2 heterocycles. The number of carbonyl (C=O) groups is 1. The van der Waals surface area contributed by atoms with E-state index in [0.29, 0.717) is 36.0 Å². The second-order valence-electron chi connectivity index (χ2n) is 7.45. The van der Waals surface area contributed by atoms with Crippen molar-refractivity contribution in [3.8, 4) is 17.6 Å². The first kappa shape index (κ1) is 19.6. The van der Waals surface area contributed by atoms with Crippen LogP contribution < -0.4 is 19.7 Å². The highest BCUT2D eigenvalue weighted by Crippen LogP contribution is 2.35. The van der Waals surface area contributed by atoms with E-state index >= 15 is 0 Å². The zero-order valence-electron chi connectivity index (χ0n) is 16.3. The van der Waals surface area contributed by atoms with E-state index in [0.717, 1.165) is 30.9 Å². The molecule has 4 rings (SSSR count). The van der Waals surface area contributed by atoms with Crippen molar-refractivity contribution in [2.24, 2.45) is 0 Å². The number of hydrogen-bond acceptors (Lipinski definition) is 4. The minimum Gasteiger partial charge on any atom is -0.490 e. The summed E-state index contributed by atoms with van der Waals surface area (Å²) in [7, 11) is 0. The smallest absolute Gasteiger partial charge is 0.279 e. The maximum atomic E-state index is 12.7. The van der Waals surface area contributed by atoms with Gasteiger partial charge in [-0.1, -0.05) is 11.6 Å². The fraction of sp³-hybridized carbons (Fsp3) is 0.364. The standard InChI is InChI=1S/C22H22ClN3O3/c1-14-18-11-21-20(28-7-2-8-29-21)9-15(18)5-6-26(14)13-22(27)25-19-10-17(23)4-3-16(19)12-24/h3-4,9-11,14H,2,5-8,13H2,1H3,(H,25,27)/p+1/t14-/m0/s1. The number of amides is 1. The highest BCUT2D eigenvalue weighted by molar-refractivity contribution is 6.31. The predicted octanol–water partition coefficient (Wildman–Crippen LogP) is 2.51. The van der Waals surface area contributed by atoms with E-state index in [2.05, 4.69) is 30.4 Å². The van der Waals surface area contributed by atoms with E-state index < -0.39 is 0 Å². The van der Waals surface area contributed by atoms with E-state index in [-0.39, 0.29) is 11.9 Å². The summed E-state index contributed by atoms with van der Waals surface area (Å²) in [5.74, 6) is 1.47. The van der Waals surface area contributed by atoms with Gasteiger partial charge in [0.25, 0.3) is 5.91 Å². The van der Waals surface area contributed by atoms with Crippen LogP contribution in [0.1, 0.15) is 36.1 Å². The zero-order valence-corrected chi connectivity index (χ0v) is 17.0. The second kappa shape index (κ2) is 8.32. The SMILES string of the molecule is C[C@H]1c2cc3c(cc2CC[NH+]1CC(=O)Nc1cc(Cl)ccc1C#N)OCCCO3. The molecule has 0 saturated heterocycles. The Kier molecular flexibility index (Phi) is 5.61. The first-order valence-electron chi connectivity index (χ1n) is 9.81. The van der Waals surface area contributed by atoms with Crippen LogP contribution >= 0.6 is 11.6 Å². The number of nitriles is 1. The average molecular weight is 413 g/mol. The van der Waals surface area contributed by atoms with Crippen LogP contribution in [0.4, 0.5) is 5.69 Å². The minimum atomic E-state index is -0.136. The molecule has 2 aromatic carbocycles. The van der Waals surface area contributed by atoms with Crippen LogP contribution in [0.25, 0.3) is 0 Å². The molecule has 0 saturated carbocycles. The van der Waals surface area contributed by atoms with E-state index in [4.69, 9.17) is 21.1 Å². The van der Waals surface area contributed by atoms with Crippen LogP contribution in [0, 0.1) is 11.3 Å². The van der Waals surface area contributed by atoms with Crippen molar-refractivity contribution in [2.45, 2.75) is 25.8 Å². The van der Waals surface area contributed by atoms with Crippen LogP contribution in [-0.2, 0) is 11.2 Å². The first-order chi connectivity index (χ1) is 14.0. The van der Waals surface area contributed by atoms with Gasteiger partial charge in [0.1, 0.15) is 12.1 Å². The number of ether oxygens (including phenoxy) is 2. The molecule has 1 amide bonds. The molecule has 2 aliphatic rings. The third-order valence-corrected chi connectivity index (χ3v) is 5.80. The lowest BCUT2D eigenvalue weighted by molar-refractivity contribution is -0.924. The summed E-state index contributed by atoms with van der Waals surface area (Å²) in [6.07, 6.45) is 1.75. The molecule has 0 aromatic heterocycles. The number of nitrogens with zero attached hydrogens (tertiary/aromatic N) is 1. The number of benzene rings is 2. The molecule has 1 unspecified atom stereocenters. The molecular formula is C22H23ClN3O3+. The lowest BCUT2D eigenvalue weighted by atomic mass is 9.93. The van der Waals surface area contributed by atoms with Gasteiger partial charge in [0.05, 0.1) is 31.0 Å². The van der Waals surface area contributed by atoms with E-state index in [1.165, 1.54) is 16.0 Å². The highest BCUT2D eigenvalue weighted by atomic mass is 35.5. The van der Waals surface area contributed by atoms with Crippen molar-refractivity contribution in [2.75, 3.05) is 31.6 Å². The third kappa shape index (κ3) is 4.16. The van der Waals surface area contributed by atoms with E-state index in [1.54, 1.807) is 18.2 Å². The Morgan fingerprint density at radius 2 is 2.03 bits per heavy atom. The highest BCUT2D eigenvalue weighted by Gasteiger charge is 2.31. The quantitative estimate of drug-likeness (QED) is 0.812. The average Bonchev–Trinajstić information content (AvgIpc) is 2.94. The van der Waals surface area contributed by atoms with Crippen LogP contribution in [0.15, 0.2) is 30.3 Å². The predicted molar refractivity (Wildman–Crippen MR) is 110 cm³/mol. The lowest BCUT2D eigenvalue weighted by Gasteiger charge is -2.32. The number of fused-ring (bicyclic) bond motifs is 2. The summed E-state index contributed by atoms with van der Waals surface area (Å²) in [6, 6.07) is 11.2. The Hall–Kier alpha value is -2.75. The van der Waals surface area contributed by atoms with Crippen LogP contribution in [0.2, 0.25) is 5.02 Å². The van der Waals surface area contributed by atoms with Crippen molar-refractivity contribution < 1.29 is 19.2 Å². The van der Waals surface area contributed by atoms with Crippen molar-refractivity contribution in [3.05, 3.63) is 52.0 Å². The maximum absolute atomic E-state index is 12.7. The Morgan fingerprint density at radius 3 is 2.79 bits per heavy atom. The van der Waals surface area contributed by atoms with Gasteiger partial charge in [-0.05, 0) is 42.8 Å². The molecule has 2 atom stereocenters. The molecule has 0 spiro atoms. The van der Waals surface area contributed by atoms with Gasteiger partial charge < -0.3 is 19.7 Å². The molecule has 29 heavy (non-hydrogen) atoms. The number of halogens is 1. The number of anilines is 1. The van der Waals surface area contributed by atoms with E-state index in [1.807, 2.05) is 0 Å². The van der Waals surface area contributed by atoms with Crippen molar-refractivity contribution in [1.29, 1.82) is 5.26 Å². The fourth-order valence-electron chi connectivity index (χ4n) is 3.98. The topological polar surface area (TPSA) is 75.8 Å². The van der Waals surface area contributed by atoms with Gasteiger partial charge in [-0.25, -0.2) is 0 Å². The Bertz CT molecular complexity index is 986. The first-order valence-corrected chi connectivity index (χ1v) is 10.2. The van der Waals surface area contributed by atoms with E-state index in [9.17, 15) is 10.1 Å². The van der Waals surface area contributed by atoms with Crippen LogP contribution in [-0.4, -0.2) is 32.2 Å². The number of rotatable bonds is 3. The normalized spacial score (nSPS) is 20.2. The molecule has 2 aliphatic heterocycles. The summed E-state index contributed by atoms with van der Waals surface area (Å²) < 4.78 is 11.6. The summed E-state index contributed by atoms with van der Waals surface area (Å²) >= 11 is 6.01. The zero-order chi connectivity index (χ0) is 20.4. The minimum absolute atomic E-state index is 0.136. The number of quaternary nitrogens is 1. The van der Waals surface area contributed by atoms with Gasteiger partial charge in [0.15, 0.2) is 18.0 Å². The maximum Gasteiger partial charge on any atom is 0.279 e. The van der Waals surface area contributed by atoms with Crippen LogP contribution in [0.5, 0.6) is 11.5 Å². The third-order valence-electron chi connectivity index (χ3n) is 5.57. The Morgan fingerprint density at radius 1 is 1.28 bits per heavy atom. The molecule has 2 N–H and O–H groups in total. The monoisotopic (exact) mass is 412 g/mol. The molecule has 7 heteroatoms. The summed E-state index contributed by atoms with van der Waals surface area (Å²) in [5.41, 5.74) is 3.30. The Balaban J connectivity index is 1.49. The largest absolute Gasteiger partial charge is 0.490 e. The number of nitrogens with one attached hydrogen (secondary N) is 2. The van der Waals surface area contributed by atoms with Gasteiger partial charge in [0.2, 0.25) is 0 Å². The lowest BCUT2D eigenvalue weighted by Crippen LogP contribution is -3.14. The molecule has 150 valence electrons. The van der Waals surface area contributed by atoms with Gasteiger partial charge in [-0.15, -0.1) is 0 Å². The molecule has 6 nitrogen and oxygen atoms in total. The van der Waals surface area contributed by atoms with Crippen molar-refractivity contribution in [1.82, 2.24) is 0 Å². The number of carbonyl (C=O) groups excluding carboxylic acids is 1. The van der Waals surface area contributed by atoms with Crippen molar-refractivity contribution in [3.63, 3.8) is 0 Å². The fourth-order valence-corrected chi connectivity index (χ4v) is 4.15. The Labute approximate surface area is 175 Å². The second-order valence-corrected chi connectivity index (χ2v) is 7.89. The van der Waals surface area contributed by atoms with Crippen molar-refractivity contribution >= 4 is 23.2 Å². The molecule has 0 fully saturated rings. The summed E-state index contributed by atoms with van der Waals surface area (Å²) in [5, 5.41) is 12.6. The van der Waals surface area contributed by atoms with Gasteiger partial charge in [-0.2, -0.15) is 5.26 Å². The van der Waals surface area contributed by atoms with Gasteiger partial charge >= 0.3 is 0 Å². The van der Waals surface area contributed by atoms with Gasteiger partial charge in [-0.3, -0.25) is 4.79 Å². The molecule has 0 aliphatic carbocycles. The molecule has 0 bridgehead atoms. The summed E-state index contributed by atoms with van der Waals surface area (Å²) in [6.45, 7) is 4.62. The summed E-state index contributed by atoms with van der Waals surface area (Å²) in [4.78, 5) is 13.8. The molecular weight excluding hydrogens is 390 g/mol.